The lowest BCUT2D eigenvalue weighted by Gasteiger charge is -2.08. The minimum Gasteiger partial charge on any atom is -0.508 e. The number of benzene rings is 2. The maximum absolute atomic E-state index is 9.59. The van der Waals surface area contributed by atoms with Crippen LogP contribution in [0.15, 0.2) is 48.5 Å². The van der Waals surface area contributed by atoms with Crippen molar-refractivity contribution < 1.29 is 5.11 Å². The normalized spacial score (nSPS) is 10.7. The maximum atomic E-state index is 9.59. The molecule has 0 amide bonds. The number of hydrogen-bond donors (Lipinski definition) is 1. The summed E-state index contributed by atoms with van der Waals surface area (Å²) < 4.78 is 1.70. The van der Waals surface area contributed by atoms with Crippen LogP contribution in [0.25, 0.3) is 17.1 Å². The third-order valence-electron chi connectivity index (χ3n) is 3.18. The molecular formula is C15H14N4O. The van der Waals surface area contributed by atoms with Crippen LogP contribution in [0.4, 0.5) is 0 Å². The van der Waals surface area contributed by atoms with Gasteiger partial charge in [0.2, 0.25) is 0 Å². The van der Waals surface area contributed by atoms with Gasteiger partial charge in [-0.15, -0.1) is 5.10 Å². The lowest BCUT2D eigenvalue weighted by Crippen LogP contribution is -2.01. The summed E-state index contributed by atoms with van der Waals surface area (Å²) in [5, 5.41) is 21.5. The molecule has 0 spiro atoms. The van der Waals surface area contributed by atoms with Gasteiger partial charge in [-0.05, 0) is 52.7 Å². The second-order valence-electron chi connectivity index (χ2n) is 4.44. The average Bonchev–Trinajstić information content (AvgIpc) is 2.97. The minimum atomic E-state index is 0.254. The first-order valence-corrected chi connectivity index (χ1v) is 6.45. The van der Waals surface area contributed by atoms with Gasteiger partial charge in [0.15, 0.2) is 5.82 Å². The molecule has 5 heteroatoms. The van der Waals surface area contributed by atoms with E-state index < -0.39 is 0 Å². The summed E-state index contributed by atoms with van der Waals surface area (Å²) >= 11 is 0. The largest absolute Gasteiger partial charge is 0.508 e. The molecular weight excluding hydrogens is 252 g/mol. The quantitative estimate of drug-likeness (QED) is 0.791. The zero-order valence-corrected chi connectivity index (χ0v) is 11.1. The van der Waals surface area contributed by atoms with Crippen molar-refractivity contribution >= 4 is 0 Å². The average molecular weight is 266 g/mol. The maximum Gasteiger partial charge on any atom is 0.187 e. The number of para-hydroxylation sites is 1. The fourth-order valence-corrected chi connectivity index (χ4v) is 2.19. The van der Waals surface area contributed by atoms with Gasteiger partial charge in [-0.3, -0.25) is 0 Å². The Balaban J connectivity index is 2.15. The molecule has 1 heterocycles. The van der Waals surface area contributed by atoms with E-state index in [1.165, 1.54) is 0 Å². The van der Waals surface area contributed by atoms with Gasteiger partial charge < -0.3 is 5.11 Å². The van der Waals surface area contributed by atoms with E-state index >= 15 is 0 Å². The number of phenols is 1. The van der Waals surface area contributed by atoms with Crippen molar-refractivity contribution in [3.63, 3.8) is 0 Å². The third kappa shape index (κ3) is 2.14. The molecule has 0 saturated heterocycles. The molecule has 2 aromatic carbocycles. The monoisotopic (exact) mass is 266 g/mol. The molecule has 0 fully saturated rings. The molecule has 0 saturated carbocycles. The van der Waals surface area contributed by atoms with Crippen LogP contribution in [0, 0.1) is 0 Å². The Morgan fingerprint density at radius 1 is 1.10 bits per heavy atom. The van der Waals surface area contributed by atoms with E-state index in [0.29, 0.717) is 5.82 Å². The Kier molecular flexibility index (Phi) is 3.16. The van der Waals surface area contributed by atoms with Crippen molar-refractivity contribution in [1.82, 2.24) is 20.2 Å². The van der Waals surface area contributed by atoms with Crippen LogP contribution in [-0.2, 0) is 6.42 Å². The van der Waals surface area contributed by atoms with E-state index in [1.807, 2.05) is 43.3 Å². The van der Waals surface area contributed by atoms with E-state index in [0.717, 1.165) is 23.2 Å². The van der Waals surface area contributed by atoms with Crippen LogP contribution in [0.3, 0.4) is 0 Å². The van der Waals surface area contributed by atoms with Gasteiger partial charge in [-0.1, -0.05) is 25.1 Å². The Hall–Kier alpha value is -2.69. The molecule has 0 radical (unpaired) electrons. The van der Waals surface area contributed by atoms with Gasteiger partial charge in [0.05, 0.1) is 5.69 Å². The molecule has 5 nitrogen and oxygen atoms in total. The number of rotatable bonds is 3. The van der Waals surface area contributed by atoms with Crippen molar-refractivity contribution in [2.24, 2.45) is 0 Å². The first-order chi connectivity index (χ1) is 9.79. The Labute approximate surface area is 116 Å². The third-order valence-corrected chi connectivity index (χ3v) is 3.18. The van der Waals surface area contributed by atoms with Crippen LogP contribution >= 0.6 is 0 Å². The smallest absolute Gasteiger partial charge is 0.187 e. The number of hydrogen-bond acceptors (Lipinski definition) is 4. The lowest BCUT2D eigenvalue weighted by molar-refractivity contribution is 0.474. The number of aryl methyl sites for hydroxylation is 1. The molecule has 3 aromatic rings. The van der Waals surface area contributed by atoms with E-state index in [1.54, 1.807) is 16.8 Å². The van der Waals surface area contributed by atoms with Gasteiger partial charge in [-0.2, -0.15) is 4.68 Å². The number of aromatic hydroxyl groups is 1. The molecule has 0 atom stereocenters. The highest BCUT2D eigenvalue weighted by Gasteiger charge is 2.14. The standard InChI is InChI=1S/C15H14N4O/c1-2-11-10-13(20)8-9-14(11)15-16-17-18-19(15)12-6-4-3-5-7-12/h3-10,20H,2H2,1H3. The summed E-state index contributed by atoms with van der Waals surface area (Å²) in [6.45, 7) is 2.04. The molecule has 100 valence electrons. The Morgan fingerprint density at radius 3 is 2.65 bits per heavy atom. The molecule has 1 N–H and O–H groups in total. The summed E-state index contributed by atoms with van der Waals surface area (Å²) in [5.74, 6) is 0.928. The van der Waals surface area contributed by atoms with Gasteiger partial charge in [0.25, 0.3) is 0 Å². The highest BCUT2D eigenvalue weighted by molar-refractivity contribution is 5.63. The number of aromatic nitrogens is 4. The molecule has 0 aliphatic carbocycles. The predicted octanol–water partition coefficient (Wildman–Crippen LogP) is 2.60. The minimum absolute atomic E-state index is 0.254. The van der Waals surface area contributed by atoms with Crippen LogP contribution in [0.5, 0.6) is 5.75 Å². The first kappa shape index (κ1) is 12.3. The summed E-state index contributed by atoms with van der Waals surface area (Å²) in [5.41, 5.74) is 2.85. The number of phenolic OH excluding ortho intramolecular Hbond substituents is 1. The van der Waals surface area contributed by atoms with E-state index in [4.69, 9.17) is 0 Å². The molecule has 3 rings (SSSR count). The fourth-order valence-electron chi connectivity index (χ4n) is 2.19. The van der Waals surface area contributed by atoms with Gasteiger partial charge in [-0.25, -0.2) is 0 Å². The van der Waals surface area contributed by atoms with Crippen molar-refractivity contribution in [2.45, 2.75) is 13.3 Å². The number of nitrogens with zero attached hydrogens (tertiary/aromatic N) is 4. The van der Waals surface area contributed by atoms with E-state index in [9.17, 15) is 5.11 Å². The SMILES string of the molecule is CCc1cc(O)ccc1-c1nnnn1-c1ccccc1. The highest BCUT2D eigenvalue weighted by atomic mass is 16.3. The van der Waals surface area contributed by atoms with Crippen molar-refractivity contribution in [2.75, 3.05) is 0 Å². The van der Waals surface area contributed by atoms with Crippen molar-refractivity contribution in [1.29, 1.82) is 0 Å². The summed E-state index contributed by atoms with van der Waals surface area (Å²) in [4.78, 5) is 0. The van der Waals surface area contributed by atoms with Gasteiger partial charge >= 0.3 is 0 Å². The molecule has 0 bridgehead atoms. The summed E-state index contributed by atoms with van der Waals surface area (Å²) in [6, 6.07) is 15.0. The molecule has 0 unspecified atom stereocenters. The van der Waals surface area contributed by atoms with Crippen LogP contribution < -0.4 is 0 Å². The van der Waals surface area contributed by atoms with E-state index in [-0.39, 0.29) is 5.75 Å². The van der Waals surface area contributed by atoms with Gasteiger partial charge in [0.1, 0.15) is 5.75 Å². The van der Waals surface area contributed by atoms with Crippen LogP contribution in [0.1, 0.15) is 12.5 Å². The zero-order chi connectivity index (χ0) is 13.9. The molecule has 1 aromatic heterocycles. The molecule has 0 aliphatic heterocycles. The van der Waals surface area contributed by atoms with E-state index in [2.05, 4.69) is 15.5 Å². The number of tetrazole rings is 1. The predicted molar refractivity (Wildman–Crippen MR) is 75.6 cm³/mol. The summed E-state index contributed by atoms with van der Waals surface area (Å²) in [7, 11) is 0. The van der Waals surface area contributed by atoms with Crippen LogP contribution in [0.2, 0.25) is 0 Å². The first-order valence-electron chi connectivity index (χ1n) is 6.45. The van der Waals surface area contributed by atoms with Gasteiger partial charge in [0, 0.05) is 5.56 Å². The van der Waals surface area contributed by atoms with Crippen LogP contribution in [-0.4, -0.2) is 25.3 Å². The Bertz CT molecular complexity index is 722. The second kappa shape index (κ2) is 5.13. The Morgan fingerprint density at radius 2 is 1.90 bits per heavy atom. The molecule has 0 aliphatic rings. The second-order valence-corrected chi connectivity index (χ2v) is 4.44. The summed E-state index contributed by atoms with van der Waals surface area (Å²) in [6.07, 6.45) is 0.797. The van der Waals surface area contributed by atoms with Crippen molar-refractivity contribution in [3.8, 4) is 22.8 Å². The van der Waals surface area contributed by atoms with Crippen molar-refractivity contribution in [3.05, 3.63) is 54.1 Å². The topological polar surface area (TPSA) is 63.8 Å². The molecule has 20 heavy (non-hydrogen) atoms. The highest BCUT2D eigenvalue weighted by Crippen LogP contribution is 2.26. The fraction of sp³-hybridized carbons (Fsp3) is 0.133. The lowest BCUT2D eigenvalue weighted by atomic mass is 10.0. The zero-order valence-electron chi connectivity index (χ0n) is 11.1.